The van der Waals surface area contributed by atoms with Crippen molar-refractivity contribution < 1.29 is 4.79 Å². The van der Waals surface area contributed by atoms with E-state index >= 15 is 0 Å². The van der Waals surface area contributed by atoms with E-state index in [0.29, 0.717) is 10.3 Å². The van der Waals surface area contributed by atoms with E-state index in [-0.39, 0.29) is 17.5 Å². The number of amides is 1. The Kier molecular flexibility index (Phi) is 4.16. The molecule has 0 atom stereocenters. The summed E-state index contributed by atoms with van der Waals surface area (Å²) in [6, 6.07) is 0.285. The van der Waals surface area contributed by atoms with Crippen LogP contribution >= 0.6 is 11.3 Å². The Morgan fingerprint density at radius 1 is 1.21 bits per heavy atom. The third-order valence-electron chi connectivity index (χ3n) is 5.31. The van der Waals surface area contributed by atoms with Crippen LogP contribution in [0.5, 0.6) is 0 Å². The number of rotatable bonds is 2. The first-order valence-electron chi connectivity index (χ1n) is 8.99. The summed E-state index contributed by atoms with van der Waals surface area (Å²) < 4.78 is 1.83. The highest BCUT2D eigenvalue weighted by Crippen LogP contribution is 2.29. The Balaban J connectivity index is 1.75. The highest BCUT2D eigenvalue weighted by molar-refractivity contribution is 7.20. The van der Waals surface area contributed by atoms with Gasteiger partial charge in [0.05, 0.1) is 10.3 Å². The van der Waals surface area contributed by atoms with Crippen LogP contribution in [0.2, 0.25) is 0 Å². The molecule has 0 unspecified atom stereocenters. The molecule has 1 amide bonds. The molecule has 0 saturated heterocycles. The van der Waals surface area contributed by atoms with Gasteiger partial charge in [0.2, 0.25) is 0 Å². The number of aryl methyl sites for hydroxylation is 2. The maximum atomic E-state index is 12.9. The standard InChI is InChI=1S/C18H23N3O2S/c1-11-14-17(20-13-9-3-2-6-10-21(13)18(14)23)24-15(11)16(22)19-12-7-4-5-8-12/h12H,2-10H2,1H3,(H,19,22). The first kappa shape index (κ1) is 15.8. The van der Waals surface area contributed by atoms with Crippen LogP contribution in [0.4, 0.5) is 0 Å². The second kappa shape index (κ2) is 6.31. The molecule has 3 heterocycles. The number of fused-ring (bicyclic) bond motifs is 2. The van der Waals surface area contributed by atoms with Gasteiger partial charge in [-0.05, 0) is 38.2 Å². The van der Waals surface area contributed by atoms with E-state index in [2.05, 4.69) is 5.32 Å². The summed E-state index contributed by atoms with van der Waals surface area (Å²) in [5.74, 6) is 0.844. The predicted octanol–water partition coefficient (Wildman–Crippen LogP) is 3.17. The van der Waals surface area contributed by atoms with E-state index in [4.69, 9.17) is 4.98 Å². The average molecular weight is 345 g/mol. The molecule has 0 bridgehead atoms. The van der Waals surface area contributed by atoms with Crippen LogP contribution in [0.15, 0.2) is 4.79 Å². The van der Waals surface area contributed by atoms with Crippen molar-refractivity contribution in [3.8, 4) is 0 Å². The Hall–Kier alpha value is -1.69. The third kappa shape index (κ3) is 2.66. The van der Waals surface area contributed by atoms with Gasteiger partial charge in [-0.25, -0.2) is 4.98 Å². The quantitative estimate of drug-likeness (QED) is 0.909. The first-order valence-corrected chi connectivity index (χ1v) is 9.80. The molecule has 1 aliphatic carbocycles. The minimum absolute atomic E-state index is 0.0329. The highest BCUT2D eigenvalue weighted by Gasteiger charge is 2.24. The summed E-state index contributed by atoms with van der Waals surface area (Å²) in [6.45, 7) is 2.63. The SMILES string of the molecule is Cc1c(C(=O)NC2CCCC2)sc2nc3n(c(=O)c12)CCCCC3. The molecule has 1 fully saturated rings. The maximum absolute atomic E-state index is 12.9. The third-order valence-corrected chi connectivity index (χ3v) is 6.49. The van der Waals surface area contributed by atoms with Gasteiger partial charge >= 0.3 is 0 Å². The Morgan fingerprint density at radius 2 is 2.00 bits per heavy atom. The monoisotopic (exact) mass is 345 g/mol. The summed E-state index contributed by atoms with van der Waals surface area (Å²) >= 11 is 1.37. The van der Waals surface area contributed by atoms with Crippen molar-refractivity contribution in [2.75, 3.05) is 0 Å². The molecule has 128 valence electrons. The Bertz CT molecular complexity index is 846. The minimum Gasteiger partial charge on any atom is -0.349 e. The smallest absolute Gasteiger partial charge is 0.262 e. The summed E-state index contributed by atoms with van der Waals surface area (Å²) in [4.78, 5) is 31.7. The Labute approximate surface area is 145 Å². The van der Waals surface area contributed by atoms with Crippen molar-refractivity contribution in [1.82, 2.24) is 14.9 Å². The molecule has 1 saturated carbocycles. The van der Waals surface area contributed by atoms with Crippen LogP contribution in [0.1, 0.15) is 66.0 Å². The lowest BCUT2D eigenvalue weighted by Gasteiger charge is -2.11. The number of hydrogen-bond acceptors (Lipinski definition) is 4. The fourth-order valence-corrected chi connectivity index (χ4v) is 5.04. The highest BCUT2D eigenvalue weighted by atomic mass is 32.1. The number of hydrogen-bond donors (Lipinski definition) is 1. The molecular formula is C18H23N3O2S. The second-order valence-corrected chi connectivity index (χ2v) is 7.99. The molecule has 5 nitrogen and oxygen atoms in total. The topological polar surface area (TPSA) is 64.0 Å². The average Bonchev–Trinajstić information content (AvgIpc) is 3.09. The summed E-state index contributed by atoms with van der Waals surface area (Å²) in [7, 11) is 0. The van der Waals surface area contributed by atoms with Crippen molar-refractivity contribution in [1.29, 1.82) is 0 Å². The summed E-state index contributed by atoms with van der Waals surface area (Å²) in [5, 5.41) is 3.77. The van der Waals surface area contributed by atoms with Crippen molar-refractivity contribution in [3.63, 3.8) is 0 Å². The number of carbonyl (C=O) groups excluding carboxylic acids is 1. The van der Waals surface area contributed by atoms with Gasteiger partial charge in [0, 0.05) is 19.0 Å². The lowest BCUT2D eigenvalue weighted by molar-refractivity contribution is 0.0941. The molecule has 2 aromatic rings. The predicted molar refractivity (Wildman–Crippen MR) is 95.9 cm³/mol. The van der Waals surface area contributed by atoms with Crippen LogP contribution < -0.4 is 10.9 Å². The largest absolute Gasteiger partial charge is 0.349 e. The zero-order chi connectivity index (χ0) is 16.7. The molecule has 6 heteroatoms. The van der Waals surface area contributed by atoms with E-state index in [1.165, 1.54) is 24.2 Å². The summed E-state index contributed by atoms with van der Waals surface area (Å²) in [5.41, 5.74) is 0.827. The number of nitrogens with one attached hydrogen (secondary N) is 1. The number of thiophene rings is 1. The van der Waals surface area contributed by atoms with Crippen molar-refractivity contribution in [2.24, 2.45) is 0 Å². The minimum atomic E-state index is -0.0398. The van der Waals surface area contributed by atoms with Gasteiger partial charge in [0.15, 0.2) is 0 Å². The lowest BCUT2D eigenvalue weighted by Crippen LogP contribution is -2.32. The lowest BCUT2D eigenvalue weighted by atomic mass is 10.2. The fraction of sp³-hybridized carbons (Fsp3) is 0.611. The van der Waals surface area contributed by atoms with Crippen molar-refractivity contribution in [2.45, 2.75) is 70.9 Å². The molecule has 0 radical (unpaired) electrons. The molecule has 4 rings (SSSR count). The van der Waals surface area contributed by atoms with Crippen molar-refractivity contribution >= 4 is 27.5 Å². The van der Waals surface area contributed by atoms with Gasteiger partial charge in [0.25, 0.3) is 11.5 Å². The first-order chi connectivity index (χ1) is 11.6. The van der Waals surface area contributed by atoms with Crippen LogP contribution in [-0.2, 0) is 13.0 Å². The van der Waals surface area contributed by atoms with Crippen LogP contribution in [0.25, 0.3) is 10.2 Å². The van der Waals surface area contributed by atoms with Crippen LogP contribution in [0, 0.1) is 6.92 Å². The zero-order valence-corrected chi connectivity index (χ0v) is 14.9. The van der Waals surface area contributed by atoms with E-state index in [9.17, 15) is 9.59 Å². The van der Waals surface area contributed by atoms with E-state index in [1.807, 2.05) is 11.5 Å². The zero-order valence-electron chi connectivity index (χ0n) is 14.1. The van der Waals surface area contributed by atoms with Gasteiger partial charge in [-0.2, -0.15) is 0 Å². The normalized spacial score (nSPS) is 18.5. The van der Waals surface area contributed by atoms with Gasteiger partial charge in [-0.15, -0.1) is 11.3 Å². The second-order valence-electron chi connectivity index (χ2n) is 6.99. The van der Waals surface area contributed by atoms with Gasteiger partial charge < -0.3 is 5.32 Å². The van der Waals surface area contributed by atoms with Gasteiger partial charge in [-0.1, -0.05) is 19.3 Å². The number of carbonyl (C=O) groups is 1. The van der Waals surface area contributed by atoms with Gasteiger partial charge in [0.1, 0.15) is 10.7 Å². The van der Waals surface area contributed by atoms with E-state index < -0.39 is 0 Å². The van der Waals surface area contributed by atoms with E-state index in [1.54, 1.807) is 0 Å². The molecule has 24 heavy (non-hydrogen) atoms. The molecule has 2 aliphatic rings. The Morgan fingerprint density at radius 3 is 2.79 bits per heavy atom. The molecule has 1 aliphatic heterocycles. The molecule has 0 spiro atoms. The molecular weight excluding hydrogens is 322 g/mol. The fourth-order valence-electron chi connectivity index (χ4n) is 3.95. The van der Waals surface area contributed by atoms with Gasteiger partial charge in [-0.3, -0.25) is 14.2 Å². The van der Waals surface area contributed by atoms with E-state index in [0.717, 1.165) is 61.3 Å². The number of aromatic nitrogens is 2. The van der Waals surface area contributed by atoms with Crippen LogP contribution in [0.3, 0.4) is 0 Å². The summed E-state index contributed by atoms with van der Waals surface area (Å²) in [6.07, 6.45) is 8.60. The number of nitrogens with zero attached hydrogens (tertiary/aromatic N) is 2. The maximum Gasteiger partial charge on any atom is 0.262 e. The molecule has 0 aromatic carbocycles. The molecule has 2 aromatic heterocycles. The molecule has 1 N–H and O–H groups in total. The van der Waals surface area contributed by atoms with Crippen LogP contribution in [-0.4, -0.2) is 21.5 Å². The van der Waals surface area contributed by atoms with Crippen molar-refractivity contribution in [3.05, 3.63) is 26.6 Å².